The van der Waals surface area contributed by atoms with Crippen LogP contribution in [-0.4, -0.2) is 61.6 Å². The first-order chi connectivity index (χ1) is 14.8. The maximum Gasteiger partial charge on any atom is 0.243 e. The van der Waals surface area contributed by atoms with Crippen LogP contribution in [0.2, 0.25) is 0 Å². The Morgan fingerprint density at radius 1 is 1.06 bits per heavy atom. The van der Waals surface area contributed by atoms with Crippen molar-refractivity contribution >= 4 is 15.7 Å². The summed E-state index contributed by atoms with van der Waals surface area (Å²) >= 11 is 0. The molecule has 0 atom stereocenters. The van der Waals surface area contributed by atoms with Gasteiger partial charge in [0.15, 0.2) is 21.3 Å². The lowest BCUT2D eigenvalue weighted by Crippen LogP contribution is -2.30. The van der Waals surface area contributed by atoms with Crippen LogP contribution in [0.1, 0.15) is 5.56 Å². The molecule has 1 aromatic heterocycles. The molecule has 0 saturated heterocycles. The molecule has 31 heavy (non-hydrogen) atoms. The number of nitrogens with one attached hydrogen (secondary N) is 1. The Labute approximate surface area is 180 Å². The van der Waals surface area contributed by atoms with Crippen LogP contribution in [0.4, 0.5) is 0 Å². The van der Waals surface area contributed by atoms with Gasteiger partial charge in [-0.1, -0.05) is 6.07 Å². The monoisotopic (exact) mass is 445 g/mol. The SMILES string of the molecule is COc1ccc(CCNC(=O)Cn2nnc(-c3ccc(S(C)(=O)=O)cc3)n2)cc1OC. The second-order valence-corrected chi connectivity index (χ2v) is 8.75. The third kappa shape index (κ3) is 5.79. The molecule has 3 aromatic rings. The topological polar surface area (TPSA) is 125 Å². The molecule has 11 heteroatoms. The predicted octanol–water partition coefficient (Wildman–Crippen LogP) is 1.12. The molecule has 0 radical (unpaired) electrons. The van der Waals surface area contributed by atoms with Gasteiger partial charge in [-0.2, -0.15) is 4.80 Å². The number of benzene rings is 2. The van der Waals surface area contributed by atoms with Gasteiger partial charge in [0.05, 0.1) is 19.1 Å². The van der Waals surface area contributed by atoms with Crippen molar-refractivity contribution in [2.45, 2.75) is 17.9 Å². The maximum atomic E-state index is 12.2. The molecule has 1 heterocycles. The Kier molecular flexibility index (Phi) is 6.85. The number of amides is 1. The molecule has 0 unspecified atom stereocenters. The minimum Gasteiger partial charge on any atom is -0.493 e. The summed E-state index contributed by atoms with van der Waals surface area (Å²) < 4.78 is 33.6. The van der Waals surface area contributed by atoms with E-state index >= 15 is 0 Å². The number of hydrogen-bond acceptors (Lipinski definition) is 8. The van der Waals surface area contributed by atoms with Gasteiger partial charge < -0.3 is 14.8 Å². The smallest absolute Gasteiger partial charge is 0.243 e. The zero-order valence-electron chi connectivity index (χ0n) is 17.4. The Bertz CT molecular complexity index is 1160. The van der Waals surface area contributed by atoms with Gasteiger partial charge in [-0.15, -0.1) is 10.2 Å². The van der Waals surface area contributed by atoms with Gasteiger partial charge in [-0.3, -0.25) is 4.79 Å². The average molecular weight is 446 g/mol. The molecule has 0 aliphatic rings. The van der Waals surface area contributed by atoms with E-state index < -0.39 is 9.84 Å². The lowest BCUT2D eigenvalue weighted by Gasteiger charge is -2.10. The summed E-state index contributed by atoms with van der Waals surface area (Å²) in [5, 5.41) is 14.8. The molecule has 0 bridgehead atoms. The first kappa shape index (κ1) is 22.2. The van der Waals surface area contributed by atoms with Crippen LogP contribution in [0.25, 0.3) is 11.4 Å². The van der Waals surface area contributed by atoms with E-state index in [2.05, 4.69) is 20.7 Å². The van der Waals surface area contributed by atoms with Gasteiger partial charge in [0.2, 0.25) is 11.7 Å². The van der Waals surface area contributed by atoms with Crippen molar-refractivity contribution in [1.29, 1.82) is 0 Å². The van der Waals surface area contributed by atoms with E-state index in [0.717, 1.165) is 11.8 Å². The van der Waals surface area contributed by atoms with E-state index in [4.69, 9.17) is 9.47 Å². The molecule has 0 spiro atoms. The Morgan fingerprint density at radius 3 is 2.42 bits per heavy atom. The molecule has 0 aliphatic heterocycles. The fraction of sp³-hybridized carbons (Fsp3) is 0.300. The van der Waals surface area contributed by atoms with Gasteiger partial charge in [0.1, 0.15) is 6.54 Å². The van der Waals surface area contributed by atoms with Crippen molar-refractivity contribution in [3.05, 3.63) is 48.0 Å². The second-order valence-electron chi connectivity index (χ2n) is 6.73. The van der Waals surface area contributed by atoms with Gasteiger partial charge in [-0.05, 0) is 53.6 Å². The Morgan fingerprint density at radius 2 is 1.77 bits per heavy atom. The molecular formula is C20H23N5O5S. The van der Waals surface area contributed by atoms with E-state index in [0.29, 0.717) is 35.9 Å². The number of tetrazole rings is 1. The lowest BCUT2D eigenvalue weighted by molar-refractivity contribution is -0.122. The minimum atomic E-state index is -3.28. The number of carbonyl (C=O) groups excluding carboxylic acids is 1. The van der Waals surface area contributed by atoms with Crippen molar-refractivity contribution in [3.8, 4) is 22.9 Å². The predicted molar refractivity (Wildman–Crippen MR) is 113 cm³/mol. The molecule has 3 rings (SSSR count). The summed E-state index contributed by atoms with van der Waals surface area (Å²) in [4.78, 5) is 13.6. The van der Waals surface area contributed by atoms with Gasteiger partial charge >= 0.3 is 0 Å². The normalized spacial score (nSPS) is 11.2. The molecule has 10 nitrogen and oxygen atoms in total. The highest BCUT2D eigenvalue weighted by Gasteiger charge is 2.12. The molecular weight excluding hydrogens is 422 g/mol. The van der Waals surface area contributed by atoms with Crippen molar-refractivity contribution < 1.29 is 22.7 Å². The molecule has 164 valence electrons. The van der Waals surface area contributed by atoms with Crippen molar-refractivity contribution in [2.75, 3.05) is 27.0 Å². The summed E-state index contributed by atoms with van der Waals surface area (Å²) in [5.41, 5.74) is 1.60. The van der Waals surface area contributed by atoms with Crippen LogP contribution < -0.4 is 14.8 Å². The zero-order chi connectivity index (χ0) is 22.4. The first-order valence-corrected chi connectivity index (χ1v) is 11.2. The largest absolute Gasteiger partial charge is 0.493 e. The third-order valence-corrected chi connectivity index (χ3v) is 5.59. The number of nitrogens with zero attached hydrogens (tertiary/aromatic N) is 4. The Balaban J connectivity index is 1.53. The van der Waals surface area contributed by atoms with Crippen LogP contribution in [0.3, 0.4) is 0 Å². The van der Waals surface area contributed by atoms with Crippen LogP contribution in [0.15, 0.2) is 47.4 Å². The maximum absolute atomic E-state index is 12.2. The molecule has 1 N–H and O–H groups in total. The molecule has 0 saturated carbocycles. The highest BCUT2D eigenvalue weighted by atomic mass is 32.2. The fourth-order valence-electron chi connectivity index (χ4n) is 2.84. The highest BCUT2D eigenvalue weighted by Crippen LogP contribution is 2.27. The van der Waals surface area contributed by atoms with Crippen LogP contribution in [0, 0.1) is 0 Å². The van der Waals surface area contributed by atoms with Gasteiger partial charge in [0, 0.05) is 18.4 Å². The quantitative estimate of drug-likeness (QED) is 0.519. The van der Waals surface area contributed by atoms with Crippen molar-refractivity contribution in [3.63, 3.8) is 0 Å². The minimum absolute atomic E-state index is 0.0830. The Hall–Kier alpha value is -3.47. The number of hydrogen-bond donors (Lipinski definition) is 1. The summed E-state index contributed by atoms with van der Waals surface area (Å²) in [6.07, 6.45) is 1.76. The van der Waals surface area contributed by atoms with E-state index in [-0.39, 0.29) is 17.3 Å². The van der Waals surface area contributed by atoms with E-state index in [9.17, 15) is 13.2 Å². The number of ether oxygens (including phenoxy) is 2. The number of rotatable bonds is 9. The van der Waals surface area contributed by atoms with Gasteiger partial charge in [-0.25, -0.2) is 8.42 Å². The van der Waals surface area contributed by atoms with Crippen molar-refractivity contribution in [1.82, 2.24) is 25.5 Å². The summed E-state index contributed by atoms with van der Waals surface area (Å²) in [6, 6.07) is 11.7. The number of methoxy groups -OCH3 is 2. The van der Waals surface area contributed by atoms with Crippen LogP contribution >= 0.6 is 0 Å². The second kappa shape index (κ2) is 9.56. The molecule has 1 amide bonds. The zero-order valence-corrected chi connectivity index (χ0v) is 18.2. The number of sulfone groups is 1. The highest BCUT2D eigenvalue weighted by molar-refractivity contribution is 7.90. The average Bonchev–Trinajstić information content (AvgIpc) is 3.21. The lowest BCUT2D eigenvalue weighted by atomic mass is 10.1. The summed E-state index contributed by atoms with van der Waals surface area (Å²) in [7, 11) is -0.129. The van der Waals surface area contributed by atoms with E-state index in [1.54, 1.807) is 26.4 Å². The standard InChI is InChI=1S/C20H23N5O5S/c1-29-17-9-4-14(12-18(17)30-2)10-11-21-19(26)13-25-23-20(22-24-25)15-5-7-16(8-6-15)31(3,27)28/h4-9,12H,10-11,13H2,1-3H3,(H,21,26). The number of carbonyl (C=O) groups is 1. The van der Waals surface area contributed by atoms with Crippen LogP contribution in [-0.2, 0) is 27.6 Å². The fourth-order valence-corrected chi connectivity index (χ4v) is 3.47. The third-order valence-electron chi connectivity index (χ3n) is 4.46. The van der Waals surface area contributed by atoms with E-state index in [1.165, 1.54) is 16.9 Å². The van der Waals surface area contributed by atoms with E-state index in [1.807, 2.05) is 18.2 Å². The summed E-state index contributed by atoms with van der Waals surface area (Å²) in [5.74, 6) is 1.33. The molecule has 2 aromatic carbocycles. The number of aromatic nitrogens is 4. The first-order valence-electron chi connectivity index (χ1n) is 9.36. The molecule has 0 fully saturated rings. The molecule has 0 aliphatic carbocycles. The van der Waals surface area contributed by atoms with Gasteiger partial charge in [0.25, 0.3) is 0 Å². The van der Waals surface area contributed by atoms with Crippen molar-refractivity contribution in [2.24, 2.45) is 0 Å². The van der Waals surface area contributed by atoms with Crippen LogP contribution in [0.5, 0.6) is 11.5 Å². The summed E-state index contributed by atoms with van der Waals surface area (Å²) in [6.45, 7) is 0.350.